The van der Waals surface area contributed by atoms with Crippen LogP contribution in [0.2, 0.25) is 0 Å². The first-order chi connectivity index (χ1) is 23.0. The maximum absolute atomic E-state index is 11.9. The first-order valence-corrected chi connectivity index (χ1v) is 19.7. The van der Waals surface area contributed by atoms with Crippen molar-refractivity contribution in [3.63, 3.8) is 0 Å². The summed E-state index contributed by atoms with van der Waals surface area (Å²) in [6, 6.07) is 18.0. The summed E-state index contributed by atoms with van der Waals surface area (Å²) >= 11 is 0. The molecule has 1 aliphatic rings. The van der Waals surface area contributed by atoms with Gasteiger partial charge in [-0.05, 0) is 86.8 Å². The van der Waals surface area contributed by atoms with E-state index in [9.17, 15) is 5.53 Å². The van der Waals surface area contributed by atoms with Gasteiger partial charge < -0.3 is 19.4 Å². The van der Waals surface area contributed by atoms with Gasteiger partial charge in [-0.25, -0.2) is 4.70 Å². The third kappa shape index (κ3) is 17.2. The summed E-state index contributed by atoms with van der Waals surface area (Å²) in [6.07, 6.45) is 25.0. The van der Waals surface area contributed by atoms with Crippen molar-refractivity contribution in [2.24, 2.45) is 0 Å². The molecule has 0 saturated carbocycles. The van der Waals surface area contributed by atoms with Gasteiger partial charge in [-0.3, -0.25) is 0 Å². The van der Waals surface area contributed by atoms with Gasteiger partial charge in [-0.2, -0.15) is 12.8 Å². The molecule has 2 aromatic carbocycles. The van der Waals surface area contributed by atoms with Crippen molar-refractivity contribution in [3.8, 4) is 0 Å². The van der Waals surface area contributed by atoms with Crippen LogP contribution >= 0.6 is 0 Å². The maximum Gasteiger partial charge on any atom is 2.00 e. The van der Waals surface area contributed by atoms with Crippen LogP contribution in [0.5, 0.6) is 0 Å². The molecule has 1 aliphatic heterocycles. The summed E-state index contributed by atoms with van der Waals surface area (Å²) in [6.45, 7) is 20.5. The first kappa shape index (κ1) is 46.2. The standard InChI is InChI=1S/C37H54N2.2C4H9.Pd/c1-5-9-13-14-15-17-24-35-34(23-16-10-6-2)36(32-27-25-30(26-28-32)19-11-7-3)39(38)37(35)33-22-18-21-31(29-33)20-12-8-4;2*1-3-4-2;/h18,21-22,25-29H,5-17,19-20,23-24H2,1-4H3;2*1,3-4H2,2H3;/q;2*-1;+2. The molecule has 48 heavy (non-hydrogen) atoms. The second-order valence-corrected chi connectivity index (χ2v) is 13.3. The third-order valence-corrected chi connectivity index (χ3v) is 8.94. The van der Waals surface area contributed by atoms with E-state index in [4.69, 9.17) is 0 Å². The Morgan fingerprint density at radius 3 is 1.44 bits per heavy atom. The number of hydrogen-bond donors (Lipinski definition) is 0. The fourth-order valence-electron chi connectivity index (χ4n) is 5.88. The van der Waals surface area contributed by atoms with Crippen LogP contribution in [0.1, 0.15) is 186 Å². The van der Waals surface area contributed by atoms with E-state index in [1.54, 1.807) is 4.70 Å². The van der Waals surface area contributed by atoms with E-state index in [2.05, 4.69) is 104 Å². The molecule has 0 amide bonds. The maximum atomic E-state index is 11.9. The van der Waals surface area contributed by atoms with Crippen molar-refractivity contribution >= 4 is 11.4 Å². The minimum absolute atomic E-state index is 0. The van der Waals surface area contributed by atoms with Crippen LogP contribution in [0.15, 0.2) is 59.7 Å². The van der Waals surface area contributed by atoms with Crippen molar-refractivity contribution in [1.29, 1.82) is 0 Å². The van der Waals surface area contributed by atoms with Gasteiger partial charge >= 0.3 is 20.4 Å². The minimum atomic E-state index is 0. The van der Waals surface area contributed by atoms with Crippen LogP contribution in [-0.2, 0) is 33.3 Å². The van der Waals surface area contributed by atoms with Gasteiger partial charge in [-0.1, -0.05) is 136 Å². The average Bonchev–Trinajstić information content (AvgIpc) is 3.38. The van der Waals surface area contributed by atoms with Crippen LogP contribution in [-0.4, -0.2) is 4.70 Å². The summed E-state index contributed by atoms with van der Waals surface area (Å²) in [7, 11) is 0. The summed E-state index contributed by atoms with van der Waals surface area (Å²) in [5, 5.41) is 0. The molecule has 0 saturated heterocycles. The van der Waals surface area contributed by atoms with E-state index >= 15 is 0 Å². The van der Waals surface area contributed by atoms with Crippen LogP contribution in [0, 0.1) is 13.8 Å². The number of aryl methyl sites for hydroxylation is 2. The quantitative estimate of drug-likeness (QED) is 0.0526. The molecule has 0 fully saturated rings. The van der Waals surface area contributed by atoms with Crippen molar-refractivity contribution in [2.75, 3.05) is 0 Å². The number of allylic oxidation sites excluding steroid dienone is 2. The van der Waals surface area contributed by atoms with E-state index in [0.29, 0.717) is 0 Å². The Morgan fingerprint density at radius 2 is 0.917 bits per heavy atom. The molecular weight excluding hydrogens is 675 g/mol. The number of benzene rings is 2. The topological polar surface area (TPSA) is 25.3 Å². The van der Waals surface area contributed by atoms with Gasteiger partial charge in [0.1, 0.15) is 0 Å². The van der Waals surface area contributed by atoms with Gasteiger partial charge in [0.05, 0.1) is 0 Å². The van der Waals surface area contributed by atoms with Crippen molar-refractivity contribution in [1.82, 2.24) is 0 Å². The molecule has 0 N–H and O–H groups in total. The first-order valence-electron chi connectivity index (χ1n) is 19.7. The van der Waals surface area contributed by atoms with Gasteiger partial charge in [0.25, 0.3) is 0 Å². The molecule has 0 bridgehead atoms. The van der Waals surface area contributed by atoms with Crippen molar-refractivity contribution < 1.29 is 25.1 Å². The normalized spacial score (nSPS) is 12.4. The zero-order valence-electron chi connectivity index (χ0n) is 32.1. The van der Waals surface area contributed by atoms with Gasteiger partial charge in [0.2, 0.25) is 11.4 Å². The van der Waals surface area contributed by atoms with Crippen LogP contribution < -0.4 is 0 Å². The average molecular weight is 748 g/mol. The van der Waals surface area contributed by atoms with Crippen molar-refractivity contribution in [3.05, 3.63) is 101 Å². The Balaban J connectivity index is 0.00000221. The zero-order chi connectivity index (χ0) is 34.7. The molecule has 1 heterocycles. The molecule has 272 valence electrons. The summed E-state index contributed by atoms with van der Waals surface area (Å²) in [5.41, 5.74) is 21.8. The molecular formula is C45H72N2Pd. The number of hydrogen-bond acceptors (Lipinski definition) is 0. The van der Waals surface area contributed by atoms with Gasteiger partial charge in [-0.15, -0.1) is 0 Å². The van der Waals surface area contributed by atoms with Gasteiger partial charge in [0, 0.05) is 22.3 Å². The smallest absolute Gasteiger partial charge is 0.493 e. The summed E-state index contributed by atoms with van der Waals surface area (Å²) in [4.78, 5) is 0. The molecule has 0 aromatic heterocycles. The number of rotatable bonds is 21. The second kappa shape index (κ2) is 30.0. The molecule has 3 heteroatoms. The largest absolute Gasteiger partial charge is 2.00 e. The SMILES string of the molecule is CCCCCCCCC1=C(c2cccc(CCCC)c2)[N+](=[N-])C(c2ccc(CCCC)cc2)=C1CCCCC.[CH2-]CCC.[CH2-]CCC.[Pd+2]. The Kier molecular flexibility index (Phi) is 28.9. The molecule has 0 atom stereocenters. The van der Waals surface area contributed by atoms with Crippen LogP contribution in [0.25, 0.3) is 16.9 Å². The summed E-state index contributed by atoms with van der Waals surface area (Å²) < 4.78 is 1.56. The summed E-state index contributed by atoms with van der Waals surface area (Å²) in [5.74, 6) is 0. The molecule has 0 unspecified atom stereocenters. The van der Waals surface area contributed by atoms with E-state index in [1.165, 1.54) is 119 Å². The molecule has 2 nitrogen and oxygen atoms in total. The monoisotopic (exact) mass is 746 g/mol. The van der Waals surface area contributed by atoms with E-state index in [0.717, 1.165) is 61.0 Å². The second-order valence-electron chi connectivity index (χ2n) is 13.3. The minimum Gasteiger partial charge on any atom is -0.493 e. The Hall–Kier alpha value is -1.82. The zero-order valence-corrected chi connectivity index (χ0v) is 33.6. The molecule has 0 radical (unpaired) electrons. The molecule has 0 aliphatic carbocycles. The predicted octanol–water partition coefficient (Wildman–Crippen LogP) is 15.1. The Labute approximate surface area is 312 Å². The Bertz CT molecular complexity index is 1150. The molecule has 0 spiro atoms. The number of unbranched alkanes of at least 4 members (excludes halogenated alkanes) is 11. The van der Waals surface area contributed by atoms with Crippen LogP contribution in [0.4, 0.5) is 0 Å². The third-order valence-electron chi connectivity index (χ3n) is 8.94. The number of nitrogens with zero attached hydrogens (tertiary/aromatic N) is 2. The van der Waals surface area contributed by atoms with E-state index < -0.39 is 0 Å². The Morgan fingerprint density at radius 1 is 0.479 bits per heavy atom. The van der Waals surface area contributed by atoms with E-state index in [1.807, 2.05) is 0 Å². The van der Waals surface area contributed by atoms with Crippen LogP contribution in [0.3, 0.4) is 0 Å². The molecule has 3 rings (SSSR count). The van der Waals surface area contributed by atoms with Crippen molar-refractivity contribution in [2.45, 2.75) is 176 Å². The fourth-order valence-corrected chi connectivity index (χ4v) is 5.88. The molecule has 2 aromatic rings. The van der Waals surface area contributed by atoms with E-state index in [-0.39, 0.29) is 20.4 Å². The predicted molar refractivity (Wildman–Crippen MR) is 210 cm³/mol. The van der Waals surface area contributed by atoms with Gasteiger partial charge in [0.15, 0.2) is 0 Å². The fraction of sp³-hybridized carbons (Fsp3) is 0.600.